The standard InChI is InChI=1S/C15H22O/c1-4-6-12-10-11-8-9-15(12,3)13(7-5-2)14(11)16/h4-5,11-13H,1-2,6-10H2,3H3/t11-,12-,13-,15+/m1/s1. The summed E-state index contributed by atoms with van der Waals surface area (Å²) < 4.78 is 0. The monoisotopic (exact) mass is 218 g/mol. The predicted molar refractivity (Wildman–Crippen MR) is 67.1 cm³/mol. The van der Waals surface area contributed by atoms with E-state index in [1.165, 1.54) is 6.42 Å². The topological polar surface area (TPSA) is 17.1 Å². The van der Waals surface area contributed by atoms with E-state index in [1.54, 1.807) is 0 Å². The van der Waals surface area contributed by atoms with E-state index in [4.69, 9.17) is 0 Å². The summed E-state index contributed by atoms with van der Waals surface area (Å²) in [6, 6.07) is 0. The maximum absolute atomic E-state index is 12.3. The Kier molecular flexibility index (Phi) is 3.05. The minimum atomic E-state index is 0.203. The maximum atomic E-state index is 12.3. The van der Waals surface area contributed by atoms with Crippen LogP contribution in [0.2, 0.25) is 0 Å². The molecule has 16 heavy (non-hydrogen) atoms. The molecule has 3 saturated carbocycles. The molecule has 0 aromatic rings. The van der Waals surface area contributed by atoms with Gasteiger partial charge in [-0.2, -0.15) is 0 Å². The minimum Gasteiger partial charge on any atom is -0.299 e. The highest BCUT2D eigenvalue weighted by Crippen LogP contribution is 2.57. The largest absolute Gasteiger partial charge is 0.299 e. The van der Waals surface area contributed by atoms with Gasteiger partial charge in [-0.1, -0.05) is 19.1 Å². The average Bonchev–Trinajstić information content (AvgIpc) is 2.26. The Hall–Kier alpha value is -0.850. The predicted octanol–water partition coefficient (Wildman–Crippen LogP) is 3.76. The molecule has 0 aliphatic heterocycles. The van der Waals surface area contributed by atoms with Crippen molar-refractivity contribution in [3.63, 3.8) is 0 Å². The summed E-state index contributed by atoms with van der Waals surface area (Å²) in [6.07, 6.45) is 9.27. The number of hydrogen-bond acceptors (Lipinski definition) is 1. The van der Waals surface area contributed by atoms with Crippen molar-refractivity contribution < 1.29 is 4.79 Å². The Morgan fingerprint density at radius 2 is 2.06 bits per heavy atom. The van der Waals surface area contributed by atoms with Crippen molar-refractivity contribution in [2.75, 3.05) is 0 Å². The van der Waals surface area contributed by atoms with Gasteiger partial charge in [-0.25, -0.2) is 0 Å². The first-order chi connectivity index (χ1) is 7.63. The summed E-state index contributed by atoms with van der Waals surface area (Å²) in [7, 11) is 0. The van der Waals surface area contributed by atoms with Crippen LogP contribution in [0.15, 0.2) is 25.3 Å². The Balaban J connectivity index is 2.28. The summed E-state index contributed by atoms with van der Waals surface area (Å²) >= 11 is 0. The quantitative estimate of drug-likeness (QED) is 0.657. The number of hydrogen-bond donors (Lipinski definition) is 0. The Morgan fingerprint density at radius 1 is 1.38 bits per heavy atom. The zero-order valence-corrected chi connectivity index (χ0v) is 10.2. The average molecular weight is 218 g/mol. The lowest BCUT2D eigenvalue weighted by Crippen LogP contribution is -2.52. The van der Waals surface area contributed by atoms with Crippen molar-refractivity contribution in [3.05, 3.63) is 25.3 Å². The van der Waals surface area contributed by atoms with Crippen LogP contribution < -0.4 is 0 Å². The number of ketones is 1. The van der Waals surface area contributed by atoms with E-state index in [0.29, 0.717) is 17.6 Å². The number of rotatable bonds is 4. The van der Waals surface area contributed by atoms with Crippen molar-refractivity contribution in [3.8, 4) is 0 Å². The Bertz CT molecular complexity index is 317. The summed E-state index contributed by atoms with van der Waals surface area (Å²) in [4.78, 5) is 12.3. The van der Waals surface area contributed by atoms with Gasteiger partial charge >= 0.3 is 0 Å². The van der Waals surface area contributed by atoms with Crippen LogP contribution >= 0.6 is 0 Å². The molecule has 3 aliphatic rings. The van der Waals surface area contributed by atoms with Crippen LogP contribution in [0, 0.1) is 23.2 Å². The van der Waals surface area contributed by atoms with E-state index in [-0.39, 0.29) is 11.3 Å². The summed E-state index contributed by atoms with van der Waals surface area (Å²) in [5, 5.41) is 0. The second-order valence-corrected chi connectivity index (χ2v) is 5.68. The van der Waals surface area contributed by atoms with Crippen LogP contribution in [0.25, 0.3) is 0 Å². The van der Waals surface area contributed by atoms with Gasteiger partial charge in [0.2, 0.25) is 0 Å². The van der Waals surface area contributed by atoms with E-state index >= 15 is 0 Å². The molecule has 3 rings (SSSR count). The van der Waals surface area contributed by atoms with Crippen LogP contribution in [0.5, 0.6) is 0 Å². The second kappa shape index (κ2) is 4.20. The first-order valence-corrected chi connectivity index (χ1v) is 6.39. The van der Waals surface area contributed by atoms with Gasteiger partial charge in [0, 0.05) is 11.8 Å². The third-order valence-corrected chi connectivity index (χ3v) is 4.93. The molecule has 3 aliphatic carbocycles. The maximum Gasteiger partial charge on any atom is 0.139 e. The van der Waals surface area contributed by atoms with Gasteiger partial charge in [0.15, 0.2) is 0 Å². The molecule has 0 aromatic heterocycles. The highest BCUT2D eigenvalue weighted by atomic mass is 16.1. The Morgan fingerprint density at radius 3 is 2.69 bits per heavy atom. The van der Waals surface area contributed by atoms with Gasteiger partial charge in [-0.05, 0) is 43.4 Å². The highest BCUT2D eigenvalue weighted by molar-refractivity contribution is 5.86. The summed E-state index contributed by atoms with van der Waals surface area (Å²) in [5.74, 6) is 1.72. The van der Waals surface area contributed by atoms with Crippen molar-refractivity contribution >= 4 is 5.78 Å². The molecule has 2 bridgehead atoms. The molecule has 0 radical (unpaired) electrons. The third-order valence-electron chi connectivity index (χ3n) is 4.93. The molecule has 0 amide bonds. The van der Waals surface area contributed by atoms with Crippen LogP contribution in [0.3, 0.4) is 0 Å². The molecule has 0 unspecified atom stereocenters. The molecular formula is C15H22O. The molecule has 3 fully saturated rings. The van der Waals surface area contributed by atoms with Crippen molar-refractivity contribution in [2.45, 2.75) is 39.0 Å². The van der Waals surface area contributed by atoms with Gasteiger partial charge in [0.05, 0.1) is 0 Å². The number of carbonyl (C=O) groups excluding carboxylic acids is 1. The molecule has 4 atom stereocenters. The summed E-state index contributed by atoms with van der Waals surface area (Å²) in [6.45, 7) is 9.97. The van der Waals surface area contributed by atoms with E-state index in [0.717, 1.165) is 25.7 Å². The normalized spacial score (nSPS) is 42.1. The molecular weight excluding hydrogens is 196 g/mol. The molecule has 1 heteroatoms. The summed E-state index contributed by atoms with van der Waals surface area (Å²) in [5.41, 5.74) is 0.203. The second-order valence-electron chi connectivity index (χ2n) is 5.68. The fraction of sp³-hybridized carbons (Fsp3) is 0.667. The van der Waals surface area contributed by atoms with Crippen molar-refractivity contribution in [1.29, 1.82) is 0 Å². The molecule has 0 heterocycles. The van der Waals surface area contributed by atoms with Crippen LogP contribution in [-0.4, -0.2) is 5.78 Å². The van der Waals surface area contributed by atoms with E-state index in [1.807, 2.05) is 12.2 Å². The molecule has 0 N–H and O–H groups in total. The lowest BCUT2D eigenvalue weighted by Gasteiger charge is -2.54. The first-order valence-electron chi connectivity index (χ1n) is 6.39. The highest BCUT2D eigenvalue weighted by Gasteiger charge is 2.54. The SMILES string of the molecule is C=CC[C@@H]1C[C@H]2CC[C@]1(C)[C@H](CC=C)C2=O. The van der Waals surface area contributed by atoms with Crippen LogP contribution in [0.1, 0.15) is 39.0 Å². The number of carbonyl (C=O) groups is 1. The van der Waals surface area contributed by atoms with Crippen molar-refractivity contribution in [1.82, 2.24) is 0 Å². The molecule has 88 valence electrons. The lowest BCUT2D eigenvalue weighted by molar-refractivity contribution is -0.148. The fourth-order valence-corrected chi connectivity index (χ4v) is 3.87. The van der Waals surface area contributed by atoms with Gasteiger partial charge in [0.25, 0.3) is 0 Å². The molecule has 0 saturated heterocycles. The fourth-order valence-electron chi connectivity index (χ4n) is 3.87. The van der Waals surface area contributed by atoms with E-state index < -0.39 is 0 Å². The van der Waals surface area contributed by atoms with Gasteiger partial charge < -0.3 is 0 Å². The number of fused-ring (bicyclic) bond motifs is 3. The van der Waals surface area contributed by atoms with Crippen LogP contribution in [-0.2, 0) is 4.79 Å². The van der Waals surface area contributed by atoms with Gasteiger partial charge in [0.1, 0.15) is 5.78 Å². The van der Waals surface area contributed by atoms with E-state index in [2.05, 4.69) is 20.1 Å². The van der Waals surface area contributed by atoms with Crippen LogP contribution in [0.4, 0.5) is 0 Å². The minimum absolute atomic E-state index is 0.203. The third kappa shape index (κ3) is 1.57. The van der Waals surface area contributed by atoms with Crippen molar-refractivity contribution in [2.24, 2.45) is 23.2 Å². The Labute approximate surface area is 98.6 Å². The lowest BCUT2D eigenvalue weighted by atomic mass is 9.49. The molecule has 1 nitrogen and oxygen atoms in total. The van der Waals surface area contributed by atoms with Gasteiger partial charge in [-0.3, -0.25) is 4.79 Å². The smallest absolute Gasteiger partial charge is 0.139 e. The first kappa shape index (κ1) is 11.6. The van der Waals surface area contributed by atoms with E-state index in [9.17, 15) is 4.79 Å². The van der Waals surface area contributed by atoms with Gasteiger partial charge in [-0.15, -0.1) is 13.2 Å². The molecule has 0 spiro atoms. The zero-order valence-electron chi connectivity index (χ0n) is 10.2. The number of Topliss-reactive ketones (excluding diaryl/α,β-unsaturated/α-hetero) is 1. The zero-order chi connectivity index (χ0) is 11.8. The number of allylic oxidation sites excluding steroid dienone is 2. The molecule has 0 aromatic carbocycles.